The van der Waals surface area contributed by atoms with Crippen molar-refractivity contribution in [1.82, 2.24) is 0 Å². The van der Waals surface area contributed by atoms with Crippen molar-refractivity contribution in [2.24, 2.45) is 4.99 Å². The lowest BCUT2D eigenvalue weighted by Crippen LogP contribution is -2.08. The largest absolute Gasteiger partial charge is 0.290 e. The quantitative estimate of drug-likeness (QED) is 0.468. The third-order valence-electron chi connectivity index (χ3n) is 2.72. The van der Waals surface area contributed by atoms with Gasteiger partial charge < -0.3 is 0 Å². The summed E-state index contributed by atoms with van der Waals surface area (Å²) < 4.78 is 0. The number of aliphatic imine (C=N–C) groups is 1. The zero-order valence-electron chi connectivity index (χ0n) is 10.6. The number of hydrogen-bond donors (Lipinski definition) is 0. The molecular weight excluding hydrogens is 260 g/mol. The van der Waals surface area contributed by atoms with Crippen LogP contribution in [0.25, 0.3) is 0 Å². The lowest BCUT2D eigenvalue weighted by molar-refractivity contribution is -0.384. The molecule has 0 aliphatic heterocycles. The van der Waals surface area contributed by atoms with Gasteiger partial charge in [0.05, 0.1) is 10.6 Å². The van der Waals surface area contributed by atoms with Crippen LogP contribution in [0, 0.1) is 10.1 Å². The Hall–Kier alpha value is -2.89. The van der Waals surface area contributed by atoms with Crippen molar-refractivity contribution in [3.63, 3.8) is 0 Å². The van der Waals surface area contributed by atoms with E-state index in [1.165, 1.54) is 42.5 Å². The Labute approximate surface area is 114 Å². The maximum atomic E-state index is 11.9. The van der Waals surface area contributed by atoms with Gasteiger partial charge in [0.1, 0.15) is 0 Å². The molecule has 0 bridgehead atoms. The SMILES string of the molecule is CC1=CC(=O)C=CC1=NC(=O)c1ccc([N+](=O)[O-])cc1. The summed E-state index contributed by atoms with van der Waals surface area (Å²) in [7, 11) is 0. The van der Waals surface area contributed by atoms with Crippen LogP contribution in [0.1, 0.15) is 17.3 Å². The van der Waals surface area contributed by atoms with E-state index in [1.807, 2.05) is 0 Å². The monoisotopic (exact) mass is 270 g/mol. The summed E-state index contributed by atoms with van der Waals surface area (Å²) in [5, 5.41) is 10.5. The molecule has 1 aliphatic carbocycles. The van der Waals surface area contributed by atoms with Crippen LogP contribution >= 0.6 is 0 Å². The van der Waals surface area contributed by atoms with E-state index in [9.17, 15) is 19.7 Å². The number of hydrogen-bond acceptors (Lipinski definition) is 4. The third-order valence-corrected chi connectivity index (χ3v) is 2.72. The molecule has 0 unspecified atom stereocenters. The van der Waals surface area contributed by atoms with Crippen molar-refractivity contribution in [2.75, 3.05) is 0 Å². The molecule has 0 saturated carbocycles. The van der Waals surface area contributed by atoms with E-state index < -0.39 is 10.8 Å². The molecule has 0 radical (unpaired) electrons. The van der Waals surface area contributed by atoms with Gasteiger partial charge in [0.25, 0.3) is 11.6 Å². The van der Waals surface area contributed by atoms with E-state index in [1.54, 1.807) is 6.92 Å². The first kappa shape index (κ1) is 13.5. The first-order valence-corrected chi connectivity index (χ1v) is 5.75. The van der Waals surface area contributed by atoms with Crippen LogP contribution < -0.4 is 0 Å². The molecule has 0 aromatic heterocycles. The predicted molar refractivity (Wildman–Crippen MR) is 72.8 cm³/mol. The van der Waals surface area contributed by atoms with Crippen LogP contribution in [0.3, 0.4) is 0 Å². The van der Waals surface area contributed by atoms with Gasteiger partial charge in [-0.1, -0.05) is 0 Å². The normalized spacial score (nSPS) is 16.1. The highest BCUT2D eigenvalue weighted by Crippen LogP contribution is 2.14. The van der Waals surface area contributed by atoms with E-state index >= 15 is 0 Å². The van der Waals surface area contributed by atoms with Gasteiger partial charge in [0.15, 0.2) is 5.78 Å². The van der Waals surface area contributed by atoms with Gasteiger partial charge in [-0.2, -0.15) is 0 Å². The molecular formula is C14H10N2O4. The molecule has 0 atom stereocenters. The van der Waals surface area contributed by atoms with Gasteiger partial charge in [-0.05, 0) is 42.9 Å². The lowest BCUT2D eigenvalue weighted by atomic mass is 10.0. The van der Waals surface area contributed by atoms with Crippen molar-refractivity contribution >= 4 is 23.1 Å². The summed E-state index contributed by atoms with van der Waals surface area (Å²) in [5.74, 6) is -0.661. The minimum atomic E-state index is -0.539. The molecule has 20 heavy (non-hydrogen) atoms. The van der Waals surface area contributed by atoms with Crippen LogP contribution in [-0.4, -0.2) is 22.3 Å². The van der Waals surface area contributed by atoms with Crippen LogP contribution in [0.2, 0.25) is 0 Å². The Bertz CT molecular complexity index is 682. The van der Waals surface area contributed by atoms with Gasteiger partial charge in [-0.15, -0.1) is 0 Å². The number of carbonyl (C=O) groups is 2. The smallest absolute Gasteiger partial charge is 0.277 e. The molecule has 0 fully saturated rings. The number of nitro groups is 1. The van der Waals surface area contributed by atoms with Crippen molar-refractivity contribution < 1.29 is 14.5 Å². The van der Waals surface area contributed by atoms with Crippen LogP contribution in [0.5, 0.6) is 0 Å². The van der Waals surface area contributed by atoms with E-state index in [2.05, 4.69) is 4.99 Å². The van der Waals surface area contributed by atoms with E-state index in [0.29, 0.717) is 11.3 Å². The number of nitro benzene ring substituents is 1. The summed E-state index contributed by atoms with van der Waals surface area (Å²) in [6.45, 7) is 1.68. The Morgan fingerprint density at radius 1 is 1.20 bits per heavy atom. The standard InChI is InChI=1S/C14H10N2O4/c1-9-8-12(17)6-7-13(9)15-14(18)10-2-4-11(5-3-10)16(19)20/h2-8H,1H3. The number of allylic oxidation sites excluding steroid dienone is 4. The predicted octanol–water partition coefficient (Wildman–Crippen LogP) is 2.26. The van der Waals surface area contributed by atoms with Gasteiger partial charge in [-0.25, -0.2) is 4.99 Å². The van der Waals surface area contributed by atoms with Gasteiger partial charge in [0.2, 0.25) is 0 Å². The minimum Gasteiger partial charge on any atom is -0.290 e. The molecule has 6 nitrogen and oxygen atoms in total. The van der Waals surface area contributed by atoms with E-state index in [0.717, 1.165) is 0 Å². The first-order valence-electron chi connectivity index (χ1n) is 5.75. The molecule has 1 aromatic rings. The second-order valence-electron chi connectivity index (χ2n) is 4.17. The molecule has 0 spiro atoms. The average Bonchev–Trinajstić information content (AvgIpc) is 2.42. The summed E-state index contributed by atoms with van der Waals surface area (Å²) in [5.41, 5.74) is 1.18. The molecule has 100 valence electrons. The lowest BCUT2D eigenvalue weighted by Gasteiger charge is -2.05. The van der Waals surface area contributed by atoms with Crippen molar-refractivity contribution in [2.45, 2.75) is 6.92 Å². The molecule has 0 heterocycles. The zero-order chi connectivity index (χ0) is 14.7. The van der Waals surface area contributed by atoms with Crippen molar-refractivity contribution in [3.8, 4) is 0 Å². The summed E-state index contributed by atoms with van der Waals surface area (Å²) in [6, 6.07) is 5.19. The average molecular weight is 270 g/mol. The number of non-ortho nitro benzene ring substituents is 1. The third kappa shape index (κ3) is 2.92. The topological polar surface area (TPSA) is 89.6 Å². The molecule has 0 saturated heterocycles. The zero-order valence-corrected chi connectivity index (χ0v) is 10.6. The van der Waals surface area contributed by atoms with Gasteiger partial charge in [0, 0.05) is 17.7 Å². The number of benzene rings is 1. The number of rotatable bonds is 2. The molecule has 1 amide bonds. The number of carbonyl (C=O) groups excluding carboxylic acids is 2. The Morgan fingerprint density at radius 2 is 1.85 bits per heavy atom. The Morgan fingerprint density at radius 3 is 2.40 bits per heavy atom. The Kier molecular flexibility index (Phi) is 3.65. The number of amides is 1. The fraction of sp³-hybridized carbons (Fsp3) is 0.0714. The van der Waals surface area contributed by atoms with Crippen molar-refractivity contribution in [1.29, 1.82) is 0 Å². The fourth-order valence-corrected chi connectivity index (χ4v) is 1.65. The maximum Gasteiger partial charge on any atom is 0.277 e. The second-order valence-corrected chi connectivity index (χ2v) is 4.17. The second kappa shape index (κ2) is 5.40. The summed E-state index contributed by atoms with van der Waals surface area (Å²) >= 11 is 0. The minimum absolute atomic E-state index is 0.0894. The fourth-order valence-electron chi connectivity index (χ4n) is 1.65. The highest BCUT2D eigenvalue weighted by molar-refractivity contribution is 6.22. The summed E-state index contributed by atoms with van der Waals surface area (Å²) in [6.07, 6.45) is 4.19. The molecule has 6 heteroatoms. The van der Waals surface area contributed by atoms with Crippen molar-refractivity contribution in [3.05, 3.63) is 63.7 Å². The van der Waals surface area contributed by atoms with Gasteiger partial charge >= 0.3 is 0 Å². The van der Waals surface area contributed by atoms with Crippen LogP contribution in [0.15, 0.2) is 53.1 Å². The van der Waals surface area contributed by atoms with Crippen LogP contribution in [0.4, 0.5) is 5.69 Å². The highest BCUT2D eigenvalue weighted by atomic mass is 16.6. The Balaban J connectivity index is 2.24. The van der Waals surface area contributed by atoms with E-state index in [-0.39, 0.29) is 17.0 Å². The maximum absolute atomic E-state index is 11.9. The number of ketones is 1. The van der Waals surface area contributed by atoms with E-state index in [4.69, 9.17) is 0 Å². The molecule has 0 N–H and O–H groups in total. The highest BCUT2D eigenvalue weighted by Gasteiger charge is 2.12. The summed E-state index contributed by atoms with van der Waals surface area (Å²) in [4.78, 5) is 36.9. The van der Waals surface area contributed by atoms with Crippen LogP contribution in [-0.2, 0) is 4.79 Å². The molecule has 1 aromatic carbocycles. The van der Waals surface area contributed by atoms with Gasteiger partial charge in [-0.3, -0.25) is 19.7 Å². The molecule has 1 aliphatic rings. The first-order chi connectivity index (χ1) is 9.47. The molecule has 2 rings (SSSR count). The number of nitrogens with zero attached hydrogens (tertiary/aromatic N) is 2.